The molecule has 0 unspecified atom stereocenters. The summed E-state index contributed by atoms with van der Waals surface area (Å²) in [5.41, 5.74) is 2.92. The van der Waals surface area contributed by atoms with E-state index < -0.39 is 0 Å². The Balaban J connectivity index is 1.23. The van der Waals surface area contributed by atoms with Gasteiger partial charge in [0.1, 0.15) is 0 Å². The summed E-state index contributed by atoms with van der Waals surface area (Å²) in [4.78, 5) is 43.9. The van der Waals surface area contributed by atoms with Crippen molar-refractivity contribution < 1.29 is 14.4 Å². The van der Waals surface area contributed by atoms with Crippen LogP contribution in [0.1, 0.15) is 41.3 Å². The number of piperazine rings is 1. The maximum atomic E-state index is 13.1. The fourth-order valence-electron chi connectivity index (χ4n) is 4.64. The lowest BCUT2D eigenvalue weighted by molar-refractivity contribution is -0.140. The van der Waals surface area contributed by atoms with Gasteiger partial charge in [0.05, 0.1) is 0 Å². The van der Waals surface area contributed by atoms with Crippen molar-refractivity contribution in [2.45, 2.75) is 26.2 Å². The van der Waals surface area contributed by atoms with E-state index in [9.17, 15) is 14.4 Å². The Hall–Kier alpha value is -3.41. The topological polar surface area (TPSA) is 60.9 Å². The van der Waals surface area contributed by atoms with Crippen LogP contribution in [0.2, 0.25) is 0 Å². The lowest BCUT2D eigenvalue weighted by atomic mass is 9.94. The average molecular weight is 460 g/mol. The minimum Gasteiger partial charge on any atom is -0.339 e. The van der Waals surface area contributed by atoms with E-state index in [1.807, 2.05) is 75.4 Å². The van der Waals surface area contributed by atoms with E-state index in [-0.39, 0.29) is 23.6 Å². The molecule has 0 aliphatic carbocycles. The van der Waals surface area contributed by atoms with E-state index in [4.69, 9.17) is 0 Å². The van der Waals surface area contributed by atoms with Crippen LogP contribution >= 0.6 is 0 Å². The molecule has 2 aromatic rings. The molecule has 0 spiro atoms. The molecular formula is C28H33N3O3. The van der Waals surface area contributed by atoms with E-state index in [1.165, 1.54) is 5.56 Å². The summed E-state index contributed by atoms with van der Waals surface area (Å²) in [5.74, 6) is 0.135. The van der Waals surface area contributed by atoms with Gasteiger partial charge in [0.2, 0.25) is 11.8 Å². The number of likely N-dealkylation sites (tertiary alicyclic amines) is 1. The molecule has 0 aromatic heterocycles. The van der Waals surface area contributed by atoms with Crippen LogP contribution in [0.15, 0.2) is 60.7 Å². The van der Waals surface area contributed by atoms with Crippen molar-refractivity contribution in [3.63, 3.8) is 0 Å². The fourth-order valence-corrected chi connectivity index (χ4v) is 4.64. The lowest BCUT2D eigenvalue weighted by Crippen LogP contribution is -2.53. The van der Waals surface area contributed by atoms with Crippen LogP contribution in [0.3, 0.4) is 0 Å². The van der Waals surface area contributed by atoms with Crippen molar-refractivity contribution in [1.82, 2.24) is 14.7 Å². The van der Waals surface area contributed by atoms with Gasteiger partial charge < -0.3 is 14.7 Å². The molecule has 2 saturated heterocycles. The van der Waals surface area contributed by atoms with Gasteiger partial charge in [-0.05, 0) is 48.6 Å². The average Bonchev–Trinajstić information content (AvgIpc) is 2.91. The van der Waals surface area contributed by atoms with Crippen molar-refractivity contribution in [3.8, 4) is 0 Å². The molecule has 2 aromatic carbocycles. The van der Waals surface area contributed by atoms with Gasteiger partial charge in [-0.2, -0.15) is 0 Å². The van der Waals surface area contributed by atoms with Crippen LogP contribution in [0.4, 0.5) is 0 Å². The minimum atomic E-state index is -0.0500. The molecule has 2 aliphatic rings. The number of hydrogen-bond acceptors (Lipinski definition) is 3. The van der Waals surface area contributed by atoms with Crippen molar-refractivity contribution >= 4 is 23.8 Å². The molecule has 34 heavy (non-hydrogen) atoms. The Morgan fingerprint density at radius 3 is 2.03 bits per heavy atom. The van der Waals surface area contributed by atoms with Gasteiger partial charge in [-0.1, -0.05) is 49.4 Å². The Morgan fingerprint density at radius 1 is 0.794 bits per heavy atom. The molecule has 178 valence electrons. The summed E-state index contributed by atoms with van der Waals surface area (Å²) in [5, 5.41) is 0. The summed E-state index contributed by atoms with van der Waals surface area (Å²) in [6.45, 7) is 5.54. The monoisotopic (exact) mass is 459 g/mol. The van der Waals surface area contributed by atoms with Crippen molar-refractivity contribution in [2.75, 3.05) is 39.3 Å². The quantitative estimate of drug-likeness (QED) is 0.643. The van der Waals surface area contributed by atoms with Crippen LogP contribution in [0.25, 0.3) is 6.08 Å². The van der Waals surface area contributed by atoms with Gasteiger partial charge in [0, 0.05) is 56.8 Å². The predicted molar refractivity (Wildman–Crippen MR) is 133 cm³/mol. The molecule has 3 amide bonds. The van der Waals surface area contributed by atoms with Crippen LogP contribution < -0.4 is 0 Å². The Labute approximate surface area is 201 Å². The van der Waals surface area contributed by atoms with Gasteiger partial charge >= 0.3 is 0 Å². The zero-order valence-electron chi connectivity index (χ0n) is 19.9. The summed E-state index contributed by atoms with van der Waals surface area (Å²) in [6.07, 6.45) is 5.77. The maximum absolute atomic E-state index is 13.1. The van der Waals surface area contributed by atoms with Crippen LogP contribution in [0, 0.1) is 5.92 Å². The second-order valence-corrected chi connectivity index (χ2v) is 9.01. The van der Waals surface area contributed by atoms with E-state index in [2.05, 4.69) is 6.92 Å². The second kappa shape index (κ2) is 11.1. The number of benzene rings is 2. The molecule has 0 atom stereocenters. The molecule has 6 heteroatoms. The maximum Gasteiger partial charge on any atom is 0.253 e. The molecular weight excluding hydrogens is 426 g/mol. The third-order valence-electron chi connectivity index (χ3n) is 6.86. The number of rotatable bonds is 5. The molecule has 0 bridgehead atoms. The number of aryl methyl sites for hydroxylation is 1. The Bertz CT molecular complexity index is 1020. The number of hydrogen-bond donors (Lipinski definition) is 0. The first-order chi connectivity index (χ1) is 16.5. The SMILES string of the molecule is CCc1ccc(C(=O)N2CCN(C(=O)C3CCN(C(=O)/C=C/c4ccccc4)CC3)CC2)cc1. The van der Waals surface area contributed by atoms with Crippen molar-refractivity contribution in [3.05, 3.63) is 77.4 Å². The van der Waals surface area contributed by atoms with E-state index in [1.54, 1.807) is 6.08 Å². The Morgan fingerprint density at radius 2 is 1.41 bits per heavy atom. The van der Waals surface area contributed by atoms with E-state index in [0.717, 1.165) is 12.0 Å². The zero-order chi connectivity index (χ0) is 23.9. The minimum absolute atomic E-state index is 0.00570. The first-order valence-electron chi connectivity index (χ1n) is 12.2. The summed E-state index contributed by atoms with van der Waals surface area (Å²) >= 11 is 0. The van der Waals surface area contributed by atoms with Gasteiger partial charge in [-0.3, -0.25) is 14.4 Å². The third kappa shape index (κ3) is 5.74. The van der Waals surface area contributed by atoms with Gasteiger partial charge in [-0.15, -0.1) is 0 Å². The first-order valence-corrected chi connectivity index (χ1v) is 12.2. The smallest absolute Gasteiger partial charge is 0.253 e. The largest absolute Gasteiger partial charge is 0.339 e. The van der Waals surface area contributed by atoms with Crippen LogP contribution in [-0.4, -0.2) is 71.7 Å². The highest BCUT2D eigenvalue weighted by Gasteiger charge is 2.32. The number of nitrogens with zero attached hydrogens (tertiary/aromatic N) is 3. The number of piperidine rings is 1. The molecule has 2 fully saturated rings. The normalized spacial score (nSPS) is 17.3. The highest BCUT2D eigenvalue weighted by atomic mass is 16.2. The van der Waals surface area contributed by atoms with E-state index >= 15 is 0 Å². The molecule has 0 saturated carbocycles. The van der Waals surface area contributed by atoms with E-state index in [0.29, 0.717) is 57.7 Å². The summed E-state index contributed by atoms with van der Waals surface area (Å²) in [6, 6.07) is 17.5. The first kappa shape index (κ1) is 23.7. The molecule has 2 heterocycles. The van der Waals surface area contributed by atoms with Crippen LogP contribution in [-0.2, 0) is 16.0 Å². The second-order valence-electron chi connectivity index (χ2n) is 9.01. The molecule has 6 nitrogen and oxygen atoms in total. The zero-order valence-corrected chi connectivity index (χ0v) is 19.9. The molecule has 0 radical (unpaired) electrons. The number of amides is 3. The van der Waals surface area contributed by atoms with Gasteiger partial charge in [0.25, 0.3) is 5.91 Å². The predicted octanol–water partition coefficient (Wildman–Crippen LogP) is 3.49. The molecule has 0 N–H and O–H groups in total. The van der Waals surface area contributed by atoms with Crippen molar-refractivity contribution in [2.24, 2.45) is 5.92 Å². The lowest BCUT2D eigenvalue weighted by Gasteiger charge is -2.38. The van der Waals surface area contributed by atoms with Crippen molar-refractivity contribution in [1.29, 1.82) is 0 Å². The molecule has 2 aliphatic heterocycles. The highest BCUT2D eigenvalue weighted by Crippen LogP contribution is 2.21. The highest BCUT2D eigenvalue weighted by molar-refractivity contribution is 5.94. The number of carbonyl (C=O) groups excluding carboxylic acids is 3. The Kier molecular flexibility index (Phi) is 7.78. The molecule has 4 rings (SSSR count). The van der Waals surface area contributed by atoms with Crippen LogP contribution in [0.5, 0.6) is 0 Å². The van der Waals surface area contributed by atoms with Gasteiger partial charge in [0.15, 0.2) is 0 Å². The van der Waals surface area contributed by atoms with Gasteiger partial charge in [-0.25, -0.2) is 0 Å². The number of carbonyl (C=O) groups is 3. The fraction of sp³-hybridized carbons (Fsp3) is 0.393. The summed E-state index contributed by atoms with van der Waals surface area (Å²) in [7, 11) is 0. The third-order valence-corrected chi connectivity index (χ3v) is 6.86. The summed E-state index contributed by atoms with van der Waals surface area (Å²) < 4.78 is 0. The standard InChI is InChI=1S/C28H33N3O3/c1-2-22-8-11-24(12-9-22)27(33)30-18-20-31(21-19-30)28(34)25-14-16-29(17-15-25)26(32)13-10-23-6-4-3-5-7-23/h3-13,25H,2,14-21H2,1H3/b13-10+.